The van der Waals surface area contributed by atoms with Crippen molar-refractivity contribution in [1.82, 2.24) is 16.0 Å². The number of unbranched alkanes of at least 4 members (excludes halogenated alkanes) is 3. The third-order valence-electron chi connectivity index (χ3n) is 5.05. The lowest BCUT2D eigenvalue weighted by molar-refractivity contribution is -0.134. The molecular weight excluding hydrogens is 476 g/mol. The minimum Gasteiger partial charge on any atom is -1.00 e. The van der Waals surface area contributed by atoms with Crippen molar-refractivity contribution in [3.8, 4) is 0 Å². The number of carbonyl (C=O) groups excluding carboxylic acids is 4. The van der Waals surface area contributed by atoms with Gasteiger partial charge in [0.25, 0.3) is 0 Å². The first-order valence-electron chi connectivity index (χ1n) is 12.4. The zero-order valence-electron chi connectivity index (χ0n) is 22.0. The Morgan fingerprint density at radius 2 is 1.54 bits per heavy atom. The molecule has 0 aromatic heterocycles. The topological polar surface area (TPSA) is 160 Å². The summed E-state index contributed by atoms with van der Waals surface area (Å²) in [6.45, 7) is 6.05. The zero-order valence-corrected chi connectivity index (χ0v) is 22.8. The molecule has 0 aliphatic heterocycles. The molecule has 0 saturated carbocycles. The molecule has 35 heavy (non-hydrogen) atoms. The van der Waals surface area contributed by atoms with Crippen molar-refractivity contribution in [2.45, 2.75) is 71.6 Å². The highest BCUT2D eigenvalue weighted by Gasteiger charge is 2.26. The van der Waals surface area contributed by atoms with Crippen LogP contribution in [0.1, 0.15) is 71.6 Å². The number of amides is 3. The first kappa shape index (κ1) is 37.8. The Hall–Kier alpha value is -1.75. The summed E-state index contributed by atoms with van der Waals surface area (Å²) in [6.07, 6.45) is 6.17. The molecule has 0 aromatic rings. The van der Waals surface area contributed by atoms with Gasteiger partial charge >= 0.3 is 0 Å². The van der Waals surface area contributed by atoms with Crippen LogP contribution in [0.15, 0.2) is 0 Å². The molecule has 0 saturated heterocycles. The van der Waals surface area contributed by atoms with E-state index in [0.29, 0.717) is 32.6 Å². The number of nitrogens with one attached hydrogen (secondary N) is 3. The minimum absolute atomic E-state index is 0. The van der Waals surface area contributed by atoms with Gasteiger partial charge in [0.1, 0.15) is 5.78 Å². The van der Waals surface area contributed by atoms with E-state index in [1.54, 1.807) is 6.92 Å². The van der Waals surface area contributed by atoms with Crippen molar-refractivity contribution in [3.63, 3.8) is 0 Å². The molecule has 2 atom stereocenters. The molecule has 0 rings (SSSR count). The fraction of sp³-hybridized carbons (Fsp3) is 0.833. The van der Waals surface area contributed by atoms with Crippen LogP contribution < -0.4 is 34.1 Å². The predicted molar refractivity (Wildman–Crippen MR) is 133 cm³/mol. The highest BCUT2D eigenvalue weighted by atomic mass is 35.5. The molecule has 11 heteroatoms. The Morgan fingerprint density at radius 3 is 2.09 bits per heavy atom. The number of aliphatic hydroxyl groups is 1. The van der Waals surface area contributed by atoms with Crippen LogP contribution in [0.25, 0.3) is 0 Å². The lowest BCUT2D eigenvalue weighted by Crippen LogP contribution is -3.00. The molecule has 10 nitrogen and oxygen atoms in total. The third kappa shape index (κ3) is 23.7. The van der Waals surface area contributed by atoms with Gasteiger partial charge in [-0.1, -0.05) is 33.1 Å². The van der Waals surface area contributed by atoms with Crippen LogP contribution in [0.4, 0.5) is 0 Å². The minimum atomic E-state index is -0.773. The maximum absolute atomic E-state index is 12.3. The van der Waals surface area contributed by atoms with Gasteiger partial charge < -0.3 is 43.9 Å². The Bertz CT molecular complexity index is 562. The smallest absolute Gasteiger partial charge is 0.224 e. The van der Waals surface area contributed by atoms with Crippen molar-refractivity contribution in [1.29, 1.82) is 0 Å². The van der Waals surface area contributed by atoms with E-state index < -0.39 is 11.8 Å². The molecule has 0 aliphatic carbocycles. The van der Waals surface area contributed by atoms with E-state index in [1.165, 1.54) is 39.8 Å². The van der Waals surface area contributed by atoms with Crippen LogP contribution >= 0.6 is 0 Å². The number of nitrogens with two attached hydrogens (primary N) is 1. The van der Waals surface area contributed by atoms with Crippen molar-refractivity contribution in [2.75, 3.05) is 47.0 Å². The molecule has 0 aromatic carbocycles. The van der Waals surface area contributed by atoms with Crippen molar-refractivity contribution >= 4 is 23.5 Å². The quantitative estimate of drug-likeness (QED) is 0.121. The summed E-state index contributed by atoms with van der Waals surface area (Å²) in [5.74, 6) is -2.42. The number of hydrogen-bond acceptors (Lipinski definition) is 7. The van der Waals surface area contributed by atoms with Gasteiger partial charge in [0, 0.05) is 65.6 Å². The maximum Gasteiger partial charge on any atom is 0.224 e. The Balaban J connectivity index is -0.00000111. The van der Waals surface area contributed by atoms with E-state index in [2.05, 4.69) is 22.9 Å². The number of ether oxygens (including phenoxy) is 1. The Kier molecular flexibility index (Phi) is 29.0. The first-order chi connectivity index (χ1) is 16.3. The lowest BCUT2D eigenvalue weighted by atomic mass is 9.92. The average Bonchev–Trinajstić information content (AvgIpc) is 2.82. The summed E-state index contributed by atoms with van der Waals surface area (Å²) in [6, 6.07) is 0. The van der Waals surface area contributed by atoms with Gasteiger partial charge in [-0.15, -0.1) is 0 Å². The summed E-state index contributed by atoms with van der Waals surface area (Å²) in [4.78, 5) is 47.7. The number of aliphatic hydroxyl groups excluding tert-OH is 1. The normalized spacial score (nSPS) is 11.7. The average molecular weight is 524 g/mol. The number of ketones is 1. The molecule has 0 spiro atoms. The van der Waals surface area contributed by atoms with Gasteiger partial charge in [-0.3, -0.25) is 19.2 Å². The van der Waals surface area contributed by atoms with E-state index >= 15 is 0 Å². The summed E-state index contributed by atoms with van der Waals surface area (Å²) in [7, 11) is 2.97. The second-order valence-electron chi connectivity index (χ2n) is 8.22. The molecule has 0 bridgehead atoms. The van der Waals surface area contributed by atoms with E-state index in [4.69, 9.17) is 15.6 Å². The second kappa shape index (κ2) is 26.8. The van der Waals surface area contributed by atoms with E-state index in [-0.39, 0.29) is 61.8 Å². The largest absolute Gasteiger partial charge is 1.00 e. The Labute approximate surface area is 217 Å². The zero-order chi connectivity index (χ0) is 26.2. The molecule has 0 heterocycles. The molecule has 208 valence electrons. The maximum atomic E-state index is 12.3. The van der Waals surface area contributed by atoms with Crippen LogP contribution in [0.3, 0.4) is 0 Å². The van der Waals surface area contributed by atoms with Crippen molar-refractivity contribution in [3.05, 3.63) is 0 Å². The summed E-state index contributed by atoms with van der Waals surface area (Å²) in [5, 5.41) is 16.3. The van der Waals surface area contributed by atoms with Crippen molar-refractivity contribution < 1.29 is 41.4 Å². The SMILES string of the molecule is CCCCCCN.CNC(=O)CC(CC(=O)CC(C)C(=O)NC)C(=O)NCCCOCCCO.[Cl-]. The summed E-state index contributed by atoms with van der Waals surface area (Å²) < 4.78 is 5.27. The van der Waals surface area contributed by atoms with Gasteiger partial charge in [0.15, 0.2) is 0 Å². The van der Waals surface area contributed by atoms with Gasteiger partial charge in [0.2, 0.25) is 17.7 Å². The van der Waals surface area contributed by atoms with Crippen LogP contribution in [-0.4, -0.2) is 75.6 Å². The molecule has 0 radical (unpaired) electrons. The number of rotatable bonds is 19. The van der Waals surface area contributed by atoms with Gasteiger partial charge in [-0.05, 0) is 25.8 Å². The number of carbonyl (C=O) groups is 4. The first-order valence-corrected chi connectivity index (χ1v) is 12.4. The summed E-state index contributed by atoms with van der Waals surface area (Å²) >= 11 is 0. The fourth-order valence-corrected chi connectivity index (χ4v) is 2.99. The van der Waals surface area contributed by atoms with Crippen LogP contribution in [-0.2, 0) is 23.9 Å². The summed E-state index contributed by atoms with van der Waals surface area (Å²) in [5.41, 5.74) is 5.27. The number of halogens is 1. The predicted octanol–water partition coefficient (Wildman–Crippen LogP) is -2.10. The number of Topliss-reactive ketones (excluding diaryl/α,β-unsaturated/α-hetero) is 1. The monoisotopic (exact) mass is 523 g/mol. The fourth-order valence-electron chi connectivity index (χ4n) is 2.99. The highest BCUT2D eigenvalue weighted by Crippen LogP contribution is 2.14. The second-order valence-corrected chi connectivity index (χ2v) is 8.22. The van der Waals surface area contributed by atoms with Gasteiger partial charge in [-0.25, -0.2) is 0 Å². The number of hydrogen-bond donors (Lipinski definition) is 5. The molecular formula is C24H48ClN4O6-. The molecule has 6 N–H and O–H groups in total. The van der Waals surface area contributed by atoms with Crippen molar-refractivity contribution in [2.24, 2.45) is 17.6 Å². The van der Waals surface area contributed by atoms with E-state index in [1.807, 2.05) is 0 Å². The van der Waals surface area contributed by atoms with Crippen LogP contribution in [0, 0.1) is 11.8 Å². The highest BCUT2D eigenvalue weighted by molar-refractivity contribution is 5.92. The standard InChI is InChI=1S/C18H33N3O6.C6H15N.ClH/c1-13(17(25)20-3)10-15(23)11-14(12-16(24)19-2)18(26)21-6-4-8-27-9-5-7-22;1-2-3-4-5-6-7;/h13-14,22H,4-12H2,1-3H3,(H,19,24)(H,20,25)(H,21,26);2-7H2,1H3;1H/p-1. The third-order valence-corrected chi connectivity index (χ3v) is 5.05. The Morgan fingerprint density at radius 1 is 0.886 bits per heavy atom. The van der Waals surface area contributed by atoms with Gasteiger partial charge in [0.05, 0.1) is 5.92 Å². The van der Waals surface area contributed by atoms with Crippen LogP contribution in [0.2, 0.25) is 0 Å². The van der Waals surface area contributed by atoms with Crippen LogP contribution in [0.5, 0.6) is 0 Å². The van der Waals surface area contributed by atoms with E-state index in [9.17, 15) is 19.2 Å². The molecule has 0 aliphatic rings. The molecule has 0 fully saturated rings. The van der Waals surface area contributed by atoms with E-state index in [0.717, 1.165) is 6.54 Å². The molecule has 3 amide bonds. The molecule has 2 unspecified atom stereocenters. The lowest BCUT2D eigenvalue weighted by Gasteiger charge is -2.17. The van der Waals surface area contributed by atoms with Gasteiger partial charge in [-0.2, -0.15) is 0 Å².